The number of methoxy groups -OCH3 is 2. The smallest absolute Gasteiger partial charge is 0.337 e. The zero-order valence-corrected chi connectivity index (χ0v) is 35.6. The number of esters is 2. The largest absolute Gasteiger partial charge is 0.467 e. The molecule has 2 saturated heterocycles. The topological polar surface area (TPSA) is 137 Å². The van der Waals surface area contributed by atoms with Gasteiger partial charge in [0.25, 0.3) is 0 Å². The summed E-state index contributed by atoms with van der Waals surface area (Å²) in [5.74, 6) is -1.60. The van der Waals surface area contributed by atoms with Crippen molar-refractivity contribution in [2.75, 3.05) is 14.2 Å². The van der Waals surface area contributed by atoms with Crippen molar-refractivity contribution in [1.29, 1.82) is 0 Å². The van der Waals surface area contributed by atoms with Crippen LogP contribution < -0.4 is 0 Å². The van der Waals surface area contributed by atoms with Gasteiger partial charge >= 0.3 is 11.9 Å². The third kappa shape index (κ3) is 11.7. The summed E-state index contributed by atoms with van der Waals surface area (Å²) in [4.78, 5) is 28.3. The molecule has 0 aliphatic carbocycles. The van der Waals surface area contributed by atoms with Crippen LogP contribution in [0.2, 0.25) is 0 Å². The molecule has 0 spiro atoms. The van der Waals surface area contributed by atoms with Crippen LogP contribution in [-0.2, 0) is 78.6 Å². The highest BCUT2D eigenvalue weighted by Gasteiger charge is 2.56. The Morgan fingerprint density at radius 1 is 0.516 bits per heavy atom. The van der Waals surface area contributed by atoms with Crippen molar-refractivity contribution in [1.82, 2.24) is 0 Å². The molecule has 0 saturated carbocycles. The Kier molecular flexibility index (Phi) is 16.3. The molecule has 0 radical (unpaired) electrons. The van der Waals surface area contributed by atoms with Gasteiger partial charge in [-0.3, -0.25) is 0 Å². The van der Waals surface area contributed by atoms with E-state index in [-0.39, 0.29) is 26.4 Å². The molecule has 2 aliphatic rings. The molecule has 2 fully saturated rings. The molecule has 7 rings (SSSR count). The van der Waals surface area contributed by atoms with Crippen LogP contribution in [0.1, 0.15) is 27.8 Å². The summed E-state index contributed by atoms with van der Waals surface area (Å²) in [5, 5.41) is 11.8. The lowest BCUT2D eigenvalue weighted by atomic mass is 9.96. The standard InChI is InChI=1S/C49H52O12S/c1-32-24-26-37(27-25-32)62-49-45(58-31-36-22-14-7-15-23-36)41(56-29-34-18-10-5-11-19-34)42(43(61-49)47(52)54-3)60-48-44(57-30-35-20-12-6-13-21-35)39(38(50)40(59-48)46(51)53-2)55-28-33-16-8-4-9-17-33/h4-27,38-45,48-50H,28-31H2,1-3H3/t38-,39-,40+,41-,42-,43-,44-,45-,48-,49+/m0/s1. The maximum atomic E-state index is 14.0. The molecule has 0 amide bonds. The Labute approximate surface area is 366 Å². The first-order valence-electron chi connectivity index (χ1n) is 20.5. The third-order valence-electron chi connectivity index (χ3n) is 10.6. The van der Waals surface area contributed by atoms with E-state index in [2.05, 4.69) is 0 Å². The molecule has 1 N–H and O–H groups in total. The SMILES string of the molecule is COC(=O)[C@H]1O[C@H](Sc2ccc(C)cc2)[C@@H](OCc2ccccc2)[C@@H](OCc2ccccc2)[C@@H]1O[C@@H]1O[C@@H](C(=O)OC)[C@@H](O)[C@H](OCc2ccccc2)[C@@H]1OCc1ccccc1. The molecule has 326 valence electrons. The number of aliphatic hydroxyl groups is 1. The van der Waals surface area contributed by atoms with Crippen LogP contribution >= 0.6 is 11.8 Å². The molecule has 5 aromatic rings. The van der Waals surface area contributed by atoms with Gasteiger partial charge in [-0.05, 0) is 41.3 Å². The van der Waals surface area contributed by atoms with Crippen molar-refractivity contribution in [3.63, 3.8) is 0 Å². The highest BCUT2D eigenvalue weighted by molar-refractivity contribution is 7.99. The molecule has 12 nitrogen and oxygen atoms in total. The summed E-state index contributed by atoms with van der Waals surface area (Å²) < 4.78 is 57.1. The number of benzene rings is 5. The minimum atomic E-state index is -1.57. The van der Waals surface area contributed by atoms with Gasteiger partial charge < -0.3 is 47.7 Å². The van der Waals surface area contributed by atoms with Gasteiger partial charge in [0, 0.05) is 4.90 Å². The van der Waals surface area contributed by atoms with E-state index in [0.29, 0.717) is 0 Å². The van der Waals surface area contributed by atoms with Crippen LogP contribution in [0.25, 0.3) is 0 Å². The Balaban J connectivity index is 1.30. The predicted molar refractivity (Wildman–Crippen MR) is 229 cm³/mol. The first-order valence-corrected chi connectivity index (χ1v) is 21.3. The summed E-state index contributed by atoms with van der Waals surface area (Å²) in [6.07, 6.45) is -11.5. The van der Waals surface area contributed by atoms with Crippen molar-refractivity contribution in [3.8, 4) is 0 Å². The van der Waals surface area contributed by atoms with Crippen molar-refractivity contribution in [3.05, 3.63) is 173 Å². The number of rotatable bonds is 18. The van der Waals surface area contributed by atoms with Crippen molar-refractivity contribution in [2.24, 2.45) is 0 Å². The number of thioether (sulfide) groups is 1. The fraction of sp³-hybridized carbons (Fsp3) is 0.347. The molecule has 0 unspecified atom stereocenters. The summed E-state index contributed by atoms with van der Waals surface area (Å²) in [7, 11) is 2.46. The van der Waals surface area contributed by atoms with Crippen LogP contribution in [0.4, 0.5) is 0 Å². The second-order valence-electron chi connectivity index (χ2n) is 15.0. The zero-order valence-electron chi connectivity index (χ0n) is 34.8. The zero-order chi connectivity index (χ0) is 43.3. The van der Waals surface area contributed by atoms with Gasteiger partial charge in [-0.2, -0.15) is 0 Å². The highest BCUT2D eigenvalue weighted by atomic mass is 32.2. The molecule has 62 heavy (non-hydrogen) atoms. The average Bonchev–Trinajstić information content (AvgIpc) is 3.31. The van der Waals surface area contributed by atoms with Crippen LogP contribution in [0.5, 0.6) is 0 Å². The molecule has 2 heterocycles. The molecular formula is C49H52O12S. The van der Waals surface area contributed by atoms with E-state index in [1.165, 1.54) is 26.0 Å². The fourth-order valence-electron chi connectivity index (χ4n) is 7.31. The van der Waals surface area contributed by atoms with Gasteiger partial charge in [-0.15, -0.1) is 0 Å². The molecule has 2 aliphatic heterocycles. The summed E-state index contributed by atoms with van der Waals surface area (Å²) in [5.41, 5.74) is 3.67. The van der Waals surface area contributed by atoms with Gasteiger partial charge in [0.1, 0.15) is 42.1 Å². The second-order valence-corrected chi connectivity index (χ2v) is 16.1. The third-order valence-corrected chi connectivity index (χ3v) is 11.7. The summed E-state index contributed by atoms with van der Waals surface area (Å²) in [6.45, 7) is 2.41. The minimum absolute atomic E-state index is 0.0574. The minimum Gasteiger partial charge on any atom is -0.467 e. The Morgan fingerprint density at radius 2 is 0.935 bits per heavy atom. The lowest BCUT2D eigenvalue weighted by Crippen LogP contribution is -2.66. The number of aryl methyl sites for hydroxylation is 1. The number of carbonyl (C=O) groups is 2. The van der Waals surface area contributed by atoms with E-state index in [0.717, 1.165) is 32.7 Å². The maximum Gasteiger partial charge on any atom is 0.337 e. The Hall–Kier alpha value is -4.93. The Morgan fingerprint density at radius 3 is 1.40 bits per heavy atom. The summed E-state index contributed by atoms with van der Waals surface area (Å²) >= 11 is 1.38. The van der Waals surface area contributed by atoms with E-state index < -0.39 is 72.5 Å². The van der Waals surface area contributed by atoms with Crippen LogP contribution in [0.15, 0.2) is 150 Å². The Bertz CT molecular complexity index is 2110. The molecule has 5 aromatic carbocycles. The lowest BCUT2D eigenvalue weighted by molar-refractivity contribution is -0.346. The van der Waals surface area contributed by atoms with E-state index in [4.69, 9.17) is 42.6 Å². The molecule has 10 atom stereocenters. The van der Waals surface area contributed by atoms with E-state index >= 15 is 0 Å². The quantitative estimate of drug-likeness (QED) is 0.0909. The van der Waals surface area contributed by atoms with E-state index in [9.17, 15) is 14.7 Å². The summed E-state index contributed by atoms with van der Waals surface area (Å²) in [6, 6.07) is 46.1. The van der Waals surface area contributed by atoms with Crippen molar-refractivity contribution >= 4 is 23.7 Å². The van der Waals surface area contributed by atoms with Crippen molar-refractivity contribution in [2.45, 2.75) is 98.8 Å². The number of hydrogen-bond donors (Lipinski definition) is 1. The molecule has 0 bridgehead atoms. The monoisotopic (exact) mass is 864 g/mol. The number of carbonyl (C=O) groups excluding carboxylic acids is 2. The number of hydrogen-bond acceptors (Lipinski definition) is 13. The lowest BCUT2D eigenvalue weighted by Gasteiger charge is -2.48. The van der Waals surface area contributed by atoms with Crippen molar-refractivity contribution < 1.29 is 57.3 Å². The number of ether oxygens (including phenoxy) is 9. The average molecular weight is 865 g/mol. The highest BCUT2D eigenvalue weighted by Crippen LogP contribution is 2.40. The number of aliphatic hydroxyl groups excluding tert-OH is 1. The normalized spacial score (nSPS) is 26.1. The van der Waals surface area contributed by atoms with Gasteiger partial charge in [-0.1, -0.05) is 151 Å². The first kappa shape index (κ1) is 45.1. The van der Waals surface area contributed by atoms with Gasteiger partial charge in [0.15, 0.2) is 18.5 Å². The van der Waals surface area contributed by atoms with Gasteiger partial charge in [0.05, 0.1) is 40.6 Å². The van der Waals surface area contributed by atoms with E-state index in [1.807, 2.05) is 153 Å². The molecule has 13 heteroatoms. The first-order chi connectivity index (χ1) is 30.3. The molecular weight excluding hydrogens is 813 g/mol. The van der Waals surface area contributed by atoms with Gasteiger partial charge in [0.2, 0.25) is 0 Å². The second kappa shape index (κ2) is 22.4. The maximum absolute atomic E-state index is 14.0. The predicted octanol–water partition coefficient (Wildman–Crippen LogP) is 6.97. The van der Waals surface area contributed by atoms with E-state index in [1.54, 1.807) is 0 Å². The fourth-order valence-corrected chi connectivity index (χ4v) is 8.41. The van der Waals surface area contributed by atoms with Crippen LogP contribution in [0, 0.1) is 6.92 Å². The van der Waals surface area contributed by atoms with Gasteiger partial charge in [-0.25, -0.2) is 9.59 Å². The van der Waals surface area contributed by atoms with Crippen LogP contribution in [-0.4, -0.2) is 91.8 Å². The van der Waals surface area contributed by atoms with Crippen LogP contribution in [0.3, 0.4) is 0 Å². The molecule has 0 aromatic heterocycles.